The minimum Gasteiger partial charge on any atom is -0.379 e. The van der Waals surface area contributed by atoms with E-state index < -0.39 is 0 Å². The van der Waals surface area contributed by atoms with Crippen molar-refractivity contribution in [3.63, 3.8) is 0 Å². The zero-order valence-corrected chi connectivity index (χ0v) is 19.3. The molecule has 0 bridgehead atoms. The van der Waals surface area contributed by atoms with Crippen LogP contribution in [0.4, 0.5) is 4.39 Å². The van der Waals surface area contributed by atoms with E-state index in [1.165, 1.54) is 6.07 Å². The molecule has 0 N–H and O–H groups in total. The summed E-state index contributed by atoms with van der Waals surface area (Å²) in [6, 6.07) is 20.6. The lowest BCUT2D eigenvalue weighted by atomic mass is 10.0. The van der Waals surface area contributed by atoms with E-state index in [4.69, 9.17) is 9.72 Å². The lowest BCUT2D eigenvalue weighted by Gasteiger charge is -2.29. The van der Waals surface area contributed by atoms with E-state index in [1.54, 1.807) is 12.1 Å². The van der Waals surface area contributed by atoms with Crippen LogP contribution >= 0.6 is 0 Å². The highest BCUT2D eigenvalue weighted by Crippen LogP contribution is 2.33. The monoisotopic (exact) mass is 459 g/mol. The van der Waals surface area contributed by atoms with Crippen LogP contribution in [0.2, 0.25) is 0 Å². The van der Waals surface area contributed by atoms with Crippen LogP contribution in [0.15, 0.2) is 66.7 Å². The van der Waals surface area contributed by atoms with E-state index >= 15 is 0 Å². The Morgan fingerprint density at radius 2 is 1.71 bits per heavy atom. The number of likely N-dealkylation sites (tertiary alicyclic amines) is 1. The van der Waals surface area contributed by atoms with Gasteiger partial charge in [0.05, 0.1) is 24.9 Å². The maximum absolute atomic E-state index is 14.1. The van der Waals surface area contributed by atoms with Crippen molar-refractivity contribution >= 4 is 5.91 Å². The summed E-state index contributed by atoms with van der Waals surface area (Å²) in [6.07, 6.45) is 2.26. The molecule has 34 heavy (non-hydrogen) atoms. The van der Waals surface area contributed by atoms with Crippen molar-refractivity contribution in [3.8, 4) is 0 Å². The predicted molar refractivity (Wildman–Crippen MR) is 129 cm³/mol. The van der Waals surface area contributed by atoms with Crippen LogP contribution < -0.4 is 0 Å². The first-order valence-corrected chi connectivity index (χ1v) is 12.1. The molecule has 0 radical (unpaired) electrons. The summed E-state index contributed by atoms with van der Waals surface area (Å²) in [5.74, 6) is -0.156. The minimum absolute atomic E-state index is 0.0627. The van der Waals surface area contributed by atoms with Gasteiger partial charge in [0.25, 0.3) is 5.91 Å². The molecule has 0 aliphatic carbocycles. The number of rotatable bonds is 6. The number of hydrogen-bond acceptors (Lipinski definition) is 4. The fourth-order valence-electron chi connectivity index (χ4n) is 4.96. The van der Waals surface area contributed by atoms with Crippen molar-refractivity contribution in [2.45, 2.75) is 31.8 Å². The van der Waals surface area contributed by atoms with Gasteiger partial charge >= 0.3 is 0 Å². The smallest absolute Gasteiger partial charge is 0.254 e. The zero-order valence-electron chi connectivity index (χ0n) is 19.3. The summed E-state index contributed by atoms with van der Waals surface area (Å²) < 4.78 is 19.6. The topological polar surface area (TPSA) is 45.7 Å². The predicted octanol–water partition coefficient (Wildman–Crippen LogP) is 4.62. The average Bonchev–Trinajstić information content (AvgIpc) is 3.36. The Balaban J connectivity index is 1.36. The van der Waals surface area contributed by atoms with Gasteiger partial charge < -0.3 is 9.64 Å². The lowest BCUT2D eigenvalue weighted by Crippen LogP contribution is -2.37. The van der Waals surface area contributed by atoms with Gasteiger partial charge in [0.15, 0.2) is 0 Å². The van der Waals surface area contributed by atoms with Crippen molar-refractivity contribution in [1.29, 1.82) is 0 Å². The number of aromatic nitrogens is 1. The molecule has 2 aromatic carbocycles. The van der Waals surface area contributed by atoms with Gasteiger partial charge in [-0.05, 0) is 48.2 Å². The first-order valence-electron chi connectivity index (χ1n) is 12.1. The van der Waals surface area contributed by atoms with Gasteiger partial charge in [-0.15, -0.1) is 0 Å². The maximum Gasteiger partial charge on any atom is 0.254 e. The van der Waals surface area contributed by atoms with Crippen LogP contribution in [-0.4, -0.2) is 53.5 Å². The summed E-state index contributed by atoms with van der Waals surface area (Å²) in [5, 5.41) is 0. The zero-order chi connectivity index (χ0) is 23.3. The van der Waals surface area contributed by atoms with E-state index in [9.17, 15) is 9.18 Å². The number of carbonyl (C=O) groups excluding carboxylic acids is 1. The number of morpholine rings is 1. The number of pyridine rings is 1. The van der Waals surface area contributed by atoms with Crippen LogP contribution in [0.25, 0.3) is 0 Å². The highest BCUT2D eigenvalue weighted by molar-refractivity contribution is 5.96. The number of hydrogen-bond donors (Lipinski definition) is 0. The molecule has 1 atom stereocenters. The van der Waals surface area contributed by atoms with Crippen LogP contribution in [0, 0.1) is 5.82 Å². The van der Waals surface area contributed by atoms with Crippen molar-refractivity contribution in [2.24, 2.45) is 0 Å². The van der Waals surface area contributed by atoms with Gasteiger partial charge in [0, 0.05) is 43.9 Å². The molecule has 176 valence electrons. The van der Waals surface area contributed by atoms with Crippen LogP contribution in [0.5, 0.6) is 0 Å². The Hall–Kier alpha value is -3.09. The Morgan fingerprint density at radius 3 is 2.53 bits per heavy atom. The molecule has 5 nitrogen and oxygen atoms in total. The second-order valence-electron chi connectivity index (χ2n) is 9.02. The summed E-state index contributed by atoms with van der Waals surface area (Å²) in [5.41, 5.74) is 4.15. The quantitative estimate of drug-likeness (QED) is 0.540. The standard InChI is InChI=1S/C28H30FN3O2/c29-25-11-4-2-7-21(25)19-23-9-5-12-26(30-23)27-13-6-14-32(27)28(33)24-10-3-1-8-22(24)20-31-15-17-34-18-16-31/h1-5,7-12,27H,6,13-20H2. The van der Waals surface area contributed by atoms with Crippen LogP contribution in [0.3, 0.4) is 0 Å². The number of ether oxygens (including phenoxy) is 1. The van der Waals surface area contributed by atoms with Crippen molar-refractivity contribution in [3.05, 3.63) is 101 Å². The van der Waals surface area contributed by atoms with Crippen LogP contribution in [-0.2, 0) is 17.7 Å². The van der Waals surface area contributed by atoms with Crippen molar-refractivity contribution in [2.75, 3.05) is 32.8 Å². The highest BCUT2D eigenvalue weighted by atomic mass is 19.1. The van der Waals surface area contributed by atoms with E-state index in [2.05, 4.69) is 11.0 Å². The first kappa shape index (κ1) is 22.7. The molecule has 3 aromatic rings. The lowest BCUT2D eigenvalue weighted by molar-refractivity contribution is 0.0339. The third-order valence-electron chi connectivity index (χ3n) is 6.76. The summed E-state index contributed by atoms with van der Waals surface area (Å²) in [4.78, 5) is 22.9. The first-order chi connectivity index (χ1) is 16.7. The molecule has 1 amide bonds. The molecular formula is C28H30FN3O2. The van der Waals surface area contributed by atoms with Gasteiger partial charge in [0.1, 0.15) is 5.82 Å². The SMILES string of the molecule is O=C(c1ccccc1CN1CCOCC1)N1CCCC1c1cccc(Cc2ccccc2F)n1. The summed E-state index contributed by atoms with van der Waals surface area (Å²) in [6.45, 7) is 4.70. The normalized spacial score (nSPS) is 18.9. The Bertz CT molecular complexity index is 1150. The van der Waals surface area contributed by atoms with Crippen molar-refractivity contribution < 1.29 is 13.9 Å². The third kappa shape index (κ3) is 5.03. The molecule has 0 spiro atoms. The molecule has 1 aromatic heterocycles. The molecule has 2 saturated heterocycles. The van der Waals surface area contributed by atoms with Gasteiger partial charge in [-0.3, -0.25) is 14.7 Å². The molecule has 2 aliphatic rings. The maximum atomic E-state index is 14.1. The number of nitrogens with zero attached hydrogens (tertiary/aromatic N) is 3. The Labute approximate surface area is 200 Å². The molecule has 1 unspecified atom stereocenters. The third-order valence-corrected chi connectivity index (χ3v) is 6.76. The van der Waals surface area contributed by atoms with Gasteiger partial charge in [-0.1, -0.05) is 42.5 Å². The summed E-state index contributed by atoms with van der Waals surface area (Å²) >= 11 is 0. The molecule has 3 heterocycles. The molecule has 2 fully saturated rings. The Morgan fingerprint density at radius 1 is 0.941 bits per heavy atom. The largest absolute Gasteiger partial charge is 0.379 e. The number of carbonyl (C=O) groups is 1. The average molecular weight is 460 g/mol. The molecule has 2 aliphatic heterocycles. The van der Waals surface area contributed by atoms with E-state index in [1.807, 2.05) is 47.4 Å². The number of benzene rings is 2. The molecule has 0 saturated carbocycles. The number of halogens is 1. The van der Waals surface area contributed by atoms with E-state index in [0.717, 1.165) is 68.2 Å². The highest BCUT2D eigenvalue weighted by Gasteiger charge is 2.32. The molecular weight excluding hydrogens is 429 g/mol. The summed E-state index contributed by atoms with van der Waals surface area (Å²) in [7, 11) is 0. The second-order valence-corrected chi connectivity index (χ2v) is 9.02. The fourth-order valence-corrected chi connectivity index (χ4v) is 4.96. The number of amides is 1. The van der Waals surface area contributed by atoms with Crippen molar-refractivity contribution in [1.82, 2.24) is 14.8 Å². The van der Waals surface area contributed by atoms with Gasteiger partial charge in [-0.2, -0.15) is 0 Å². The fraction of sp³-hybridized carbons (Fsp3) is 0.357. The molecule has 5 rings (SSSR count). The van der Waals surface area contributed by atoms with Gasteiger partial charge in [-0.25, -0.2) is 4.39 Å². The van der Waals surface area contributed by atoms with Gasteiger partial charge in [0.2, 0.25) is 0 Å². The van der Waals surface area contributed by atoms with Crippen LogP contribution in [0.1, 0.15) is 51.8 Å². The Kier molecular flexibility index (Phi) is 6.97. The second kappa shape index (κ2) is 10.5. The van der Waals surface area contributed by atoms with E-state index in [-0.39, 0.29) is 17.8 Å². The van der Waals surface area contributed by atoms with E-state index in [0.29, 0.717) is 18.5 Å². The minimum atomic E-state index is -0.218. The molecule has 6 heteroatoms.